The van der Waals surface area contributed by atoms with Crippen LogP contribution in [0.2, 0.25) is 0 Å². The number of hydrogen-bond acceptors (Lipinski definition) is 3. The standard InChI is InChI=1S/C26H30FN3O2/c27-22-10-11-24(29-15-5-2-6-16-29)23(19-22)28-26(32)21-13-17-30(18-14-21)25(31)12-9-20-7-3-1-4-8-20/h1,3-4,7-12,19,21H,2,5-6,13-18H2,(H,28,32)/b12-9+. The molecule has 0 spiro atoms. The first kappa shape index (κ1) is 22.1. The molecule has 2 aromatic rings. The molecule has 6 heteroatoms. The summed E-state index contributed by atoms with van der Waals surface area (Å²) in [5.74, 6) is -0.674. The number of nitrogens with zero attached hydrogens (tertiary/aromatic N) is 2. The lowest BCUT2D eigenvalue weighted by Gasteiger charge is -2.32. The Balaban J connectivity index is 1.33. The third kappa shape index (κ3) is 5.55. The molecule has 2 aliphatic rings. The zero-order valence-corrected chi connectivity index (χ0v) is 18.3. The Morgan fingerprint density at radius 2 is 1.66 bits per heavy atom. The quantitative estimate of drug-likeness (QED) is 0.693. The molecular weight excluding hydrogens is 405 g/mol. The van der Waals surface area contributed by atoms with Crippen LogP contribution in [0.15, 0.2) is 54.6 Å². The number of nitrogens with one attached hydrogen (secondary N) is 1. The van der Waals surface area contributed by atoms with Crippen molar-refractivity contribution in [3.05, 3.63) is 66.0 Å². The molecule has 2 aliphatic heterocycles. The monoisotopic (exact) mass is 435 g/mol. The summed E-state index contributed by atoms with van der Waals surface area (Å²) in [7, 11) is 0. The molecule has 0 aliphatic carbocycles. The van der Waals surface area contributed by atoms with Gasteiger partial charge >= 0.3 is 0 Å². The summed E-state index contributed by atoms with van der Waals surface area (Å²) in [6.07, 6.45) is 8.03. The molecule has 0 aromatic heterocycles. The lowest BCUT2D eigenvalue weighted by atomic mass is 9.95. The molecule has 2 fully saturated rings. The number of anilines is 2. The first-order valence-corrected chi connectivity index (χ1v) is 11.5. The predicted octanol–water partition coefficient (Wildman–Crippen LogP) is 4.71. The first-order chi connectivity index (χ1) is 15.6. The van der Waals surface area contributed by atoms with Gasteiger partial charge in [0.2, 0.25) is 11.8 Å². The van der Waals surface area contributed by atoms with Gasteiger partial charge in [0, 0.05) is 38.2 Å². The number of likely N-dealkylation sites (tertiary alicyclic amines) is 1. The van der Waals surface area contributed by atoms with E-state index in [0.717, 1.165) is 37.2 Å². The minimum Gasteiger partial charge on any atom is -0.370 e. The van der Waals surface area contributed by atoms with Gasteiger partial charge in [-0.15, -0.1) is 0 Å². The van der Waals surface area contributed by atoms with E-state index in [-0.39, 0.29) is 23.5 Å². The second kappa shape index (κ2) is 10.4. The highest BCUT2D eigenvalue weighted by Crippen LogP contribution is 2.30. The Morgan fingerprint density at radius 3 is 2.38 bits per heavy atom. The summed E-state index contributed by atoms with van der Waals surface area (Å²) in [6, 6.07) is 14.3. The average molecular weight is 436 g/mol. The number of carbonyl (C=O) groups is 2. The summed E-state index contributed by atoms with van der Waals surface area (Å²) in [6.45, 7) is 2.92. The van der Waals surface area contributed by atoms with Crippen LogP contribution in [0.1, 0.15) is 37.7 Å². The van der Waals surface area contributed by atoms with E-state index in [0.29, 0.717) is 31.6 Å². The van der Waals surface area contributed by atoms with Crippen molar-refractivity contribution in [3.8, 4) is 0 Å². The lowest BCUT2D eigenvalue weighted by molar-refractivity contribution is -0.130. The van der Waals surface area contributed by atoms with Crippen molar-refractivity contribution in [1.82, 2.24) is 4.90 Å². The number of benzene rings is 2. The number of piperidine rings is 2. The van der Waals surface area contributed by atoms with Crippen molar-refractivity contribution in [2.24, 2.45) is 5.92 Å². The highest BCUT2D eigenvalue weighted by molar-refractivity contribution is 5.96. The van der Waals surface area contributed by atoms with Crippen LogP contribution < -0.4 is 10.2 Å². The fraction of sp³-hybridized carbons (Fsp3) is 0.385. The van der Waals surface area contributed by atoms with Gasteiger partial charge in [0.25, 0.3) is 0 Å². The minimum absolute atomic E-state index is 0.0368. The maximum atomic E-state index is 13.9. The summed E-state index contributed by atoms with van der Waals surface area (Å²) < 4.78 is 13.9. The van der Waals surface area contributed by atoms with Gasteiger partial charge in [0.05, 0.1) is 11.4 Å². The van der Waals surface area contributed by atoms with Crippen LogP contribution in [0.4, 0.5) is 15.8 Å². The van der Waals surface area contributed by atoms with Crippen molar-refractivity contribution in [3.63, 3.8) is 0 Å². The summed E-state index contributed by atoms with van der Waals surface area (Å²) in [5.41, 5.74) is 2.41. The molecule has 1 N–H and O–H groups in total. The third-order valence-electron chi connectivity index (χ3n) is 6.31. The molecule has 32 heavy (non-hydrogen) atoms. The van der Waals surface area contributed by atoms with E-state index in [1.807, 2.05) is 36.4 Å². The van der Waals surface area contributed by atoms with Gasteiger partial charge in [-0.05, 0) is 61.9 Å². The van der Waals surface area contributed by atoms with Crippen molar-refractivity contribution in [2.45, 2.75) is 32.1 Å². The van der Waals surface area contributed by atoms with Gasteiger partial charge in [-0.1, -0.05) is 30.3 Å². The largest absolute Gasteiger partial charge is 0.370 e. The number of rotatable bonds is 5. The van der Waals surface area contributed by atoms with Crippen LogP contribution in [0.5, 0.6) is 0 Å². The van der Waals surface area contributed by atoms with E-state index in [1.54, 1.807) is 17.0 Å². The molecule has 0 radical (unpaired) electrons. The van der Waals surface area contributed by atoms with Crippen LogP contribution in [0, 0.1) is 11.7 Å². The normalized spacial score (nSPS) is 17.5. The molecule has 2 heterocycles. The number of hydrogen-bond donors (Lipinski definition) is 1. The summed E-state index contributed by atoms with van der Waals surface area (Å²) >= 11 is 0. The maximum absolute atomic E-state index is 13.9. The molecule has 168 valence electrons. The van der Waals surface area contributed by atoms with Gasteiger partial charge in [0.1, 0.15) is 5.82 Å². The summed E-state index contributed by atoms with van der Waals surface area (Å²) in [5, 5.41) is 2.97. The molecule has 2 aromatic carbocycles. The molecule has 0 atom stereocenters. The van der Waals surface area contributed by atoms with Crippen LogP contribution in [-0.4, -0.2) is 42.9 Å². The van der Waals surface area contributed by atoms with E-state index in [2.05, 4.69) is 10.2 Å². The van der Waals surface area contributed by atoms with E-state index < -0.39 is 0 Å². The van der Waals surface area contributed by atoms with Gasteiger partial charge < -0.3 is 15.1 Å². The molecule has 0 unspecified atom stereocenters. The Kier molecular flexibility index (Phi) is 7.20. The van der Waals surface area contributed by atoms with Gasteiger partial charge in [0.15, 0.2) is 0 Å². The molecule has 0 saturated carbocycles. The van der Waals surface area contributed by atoms with Gasteiger partial charge in [-0.2, -0.15) is 0 Å². The Morgan fingerprint density at radius 1 is 0.938 bits per heavy atom. The number of halogens is 1. The zero-order valence-electron chi connectivity index (χ0n) is 18.3. The van der Waals surface area contributed by atoms with Crippen molar-refractivity contribution in [2.75, 3.05) is 36.4 Å². The van der Waals surface area contributed by atoms with E-state index in [4.69, 9.17) is 0 Å². The molecule has 5 nitrogen and oxygen atoms in total. The Bertz CT molecular complexity index is 962. The van der Waals surface area contributed by atoms with Crippen molar-refractivity contribution >= 4 is 29.3 Å². The van der Waals surface area contributed by atoms with Crippen LogP contribution >= 0.6 is 0 Å². The maximum Gasteiger partial charge on any atom is 0.246 e. The topological polar surface area (TPSA) is 52.7 Å². The average Bonchev–Trinajstić information content (AvgIpc) is 2.84. The minimum atomic E-state index is -0.355. The van der Waals surface area contributed by atoms with Crippen LogP contribution in [0.25, 0.3) is 6.08 Å². The van der Waals surface area contributed by atoms with E-state index >= 15 is 0 Å². The molecule has 4 rings (SSSR count). The van der Waals surface area contributed by atoms with Crippen molar-refractivity contribution in [1.29, 1.82) is 0 Å². The van der Waals surface area contributed by atoms with E-state index in [1.165, 1.54) is 18.6 Å². The third-order valence-corrected chi connectivity index (χ3v) is 6.31. The molecule has 2 amide bonds. The van der Waals surface area contributed by atoms with Gasteiger partial charge in [-0.25, -0.2) is 4.39 Å². The molecule has 2 saturated heterocycles. The van der Waals surface area contributed by atoms with Gasteiger partial charge in [-0.3, -0.25) is 9.59 Å². The van der Waals surface area contributed by atoms with Crippen LogP contribution in [-0.2, 0) is 9.59 Å². The van der Waals surface area contributed by atoms with Crippen molar-refractivity contribution < 1.29 is 14.0 Å². The summed E-state index contributed by atoms with van der Waals surface area (Å²) in [4.78, 5) is 29.4. The Hall–Kier alpha value is -3.15. The highest BCUT2D eigenvalue weighted by atomic mass is 19.1. The number of amides is 2. The predicted molar refractivity (Wildman–Crippen MR) is 126 cm³/mol. The first-order valence-electron chi connectivity index (χ1n) is 11.5. The highest BCUT2D eigenvalue weighted by Gasteiger charge is 2.27. The lowest BCUT2D eigenvalue weighted by Crippen LogP contribution is -2.41. The SMILES string of the molecule is O=C(Nc1cc(F)ccc1N1CCCCC1)C1CCN(C(=O)/C=C/c2ccccc2)CC1. The Labute approximate surface area is 188 Å². The second-order valence-corrected chi connectivity index (χ2v) is 8.54. The number of carbonyl (C=O) groups excluding carboxylic acids is 2. The molecular formula is C26H30FN3O2. The fourth-order valence-corrected chi connectivity index (χ4v) is 4.45. The van der Waals surface area contributed by atoms with E-state index in [9.17, 15) is 14.0 Å². The second-order valence-electron chi connectivity index (χ2n) is 8.54. The van der Waals surface area contributed by atoms with Crippen LogP contribution in [0.3, 0.4) is 0 Å². The smallest absolute Gasteiger partial charge is 0.246 e. The fourth-order valence-electron chi connectivity index (χ4n) is 4.45. The molecule has 0 bridgehead atoms. The zero-order chi connectivity index (χ0) is 22.3.